The van der Waals surface area contributed by atoms with Crippen molar-refractivity contribution < 1.29 is 13.9 Å². The van der Waals surface area contributed by atoms with E-state index in [9.17, 15) is 9.18 Å². The van der Waals surface area contributed by atoms with Gasteiger partial charge in [-0.2, -0.15) is 5.10 Å². The van der Waals surface area contributed by atoms with Gasteiger partial charge in [-0.25, -0.2) is 4.39 Å². The molecule has 0 aliphatic heterocycles. The lowest BCUT2D eigenvalue weighted by molar-refractivity contribution is 0.0941. The van der Waals surface area contributed by atoms with Gasteiger partial charge in [0.05, 0.1) is 12.3 Å². The molecule has 0 saturated heterocycles. The first-order valence-electron chi connectivity index (χ1n) is 8.87. The zero-order valence-electron chi connectivity index (χ0n) is 15.6. The molecule has 0 spiro atoms. The number of halogens is 1. The quantitative estimate of drug-likeness (QED) is 0.545. The van der Waals surface area contributed by atoms with Crippen LogP contribution in [0.25, 0.3) is 0 Å². The molecule has 1 aromatic carbocycles. The predicted molar refractivity (Wildman–Crippen MR) is 99.7 cm³/mol. The molecule has 1 N–H and O–H groups in total. The first kappa shape index (κ1) is 19.7. The van der Waals surface area contributed by atoms with E-state index in [1.807, 2.05) is 6.92 Å². The number of allylic oxidation sites excluding steroid dienone is 2. The van der Waals surface area contributed by atoms with Crippen LogP contribution in [-0.2, 0) is 13.6 Å². The largest absolute Gasteiger partial charge is 0.490 e. The van der Waals surface area contributed by atoms with Crippen molar-refractivity contribution in [2.24, 2.45) is 7.05 Å². The number of hydrogen-bond donors (Lipinski definition) is 1. The topological polar surface area (TPSA) is 56.1 Å². The maximum atomic E-state index is 14.5. The van der Waals surface area contributed by atoms with Gasteiger partial charge < -0.3 is 10.1 Å². The second-order valence-electron chi connectivity index (χ2n) is 6.08. The Morgan fingerprint density at radius 2 is 2.19 bits per heavy atom. The summed E-state index contributed by atoms with van der Waals surface area (Å²) in [5.41, 5.74) is 1.59. The molecule has 1 amide bonds. The number of amides is 1. The monoisotopic (exact) mass is 359 g/mol. The number of carbonyl (C=O) groups excluding carboxylic acids is 1. The van der Waals surface area contributed by atoms with Gasteiger partial charge in [-0.05, 0) is 38.3 Å². The molecule has 2 aromatic rings. The summed E-state index contributed by atoms with van der Waals surface area (Å²) in [4.78, 5) is 12.2. The Balaban J connectivity index is 1.90. The zero-order chi connectivity index (χ0) is 18.9. The average molecular weight is 359 g/mol. The van der Waals surface area contributed by atoms with Gasteiger partial charge in [0.25, 0.3) is 5.91 Å². The van der Waals surface area contributed by atoms with Crippen molar-refractivity contribution in [3.8, 4) is 5.75 Å². The Labute approximate surface area is 153 Å². The smallest absolute Gasteiger partial charge is 0.269 e. The van der Waals surface area contributed by atoms with Crippen LogP contribution in [0.5, 0.6) is 5.75 Å². The number of benzene rings is 1. The molecule has 0 fully saturated rings. The van der Waals surface area contributed by atoms with Crippen LogP contribution in [0.15, 0.2) is 36.4 Å². The van der Waals surface area contributed by atoms with Gasteiger partial charge in [0.2, 0.25) is 0 Å². The van der Waals surface area contributed by atoms with Gasteiger partial charge >= 0.3 is 0 Å². The standard InChI is InChI=1S/C20H26FN3O2/c1-4-5-6-7-8-12-26-18-11-9-10-16(19(18)21)14-22-20(25)17-13-15(2)23-24(17)3/h5-6,9-11,13H,4,7-8,12,14H2,1-3H3,(H,22,25). The fourth-order valence-corrected chi connectivity index (χ4v) is 2.56. The van der Waals surface area contributed by atoms with Gasteiger partial charge in [0, 0.05) is 19.2 Å². The summed E-state index contributed by atoms with van der Waals surface area (Å²) in [6, 6.07) is 6.66. The molecule has 0 unspecified atom stereocenters. The summed E-state index contributed by atoms with van der Waals surface area (Å²) < 4.78 is 21.6. The second-order valence-corrected chi connectivity index (χ2v) is 6.08. The number of carbonyl (C=O) groups is 1. The number of aromatic nitrogens is 2. The predicted octanol–water partition coefficient (Wildman–Crippen LogP) is 3.92. The first-order chi connectivity index (χ1) is 12.5. The fraction of sp³-hybridized carbons (Fsp3) is 0.400. The lowest BCUT2D eigenvalue weighted by Crippen LogP contribution is -2.25. The van der Waals surface area contributed by atoms with E-state index in [-0.39, 0.29) is 18.2 Å². The molecule has 0 aliphatic rings. The number of nitrogens with zero attached hydrogens (tertiary/aromatic N) is 2. The summed E-state index contributed by atoms with van der Waals surface area (Å²) in [6.07, 6.45) is 6.97. The minimum absolute atomic E-state index is 0.0886. The van der Waals surface area contributed by atoms with E-state index in [1.54, 1.807) is 31.3 Å². The van der Waals surface area contributed by atoms with Crippen molar-refractivity contribution in [3.63, 3.8) is 0 Å². The maximum absolute atomic E-state index is 14.5. The molecule has 6 heteroatoms. The van der Waals surface area contributed by atoms with Crippen molar-refractivity contribution in [1.82, 2.24) is 15.1 Å². The third-order valence-corrected chi connectivity index (χ3v) is 3.89. The van der Waals surface area contributed by atoms with Crippen LogP contribution < -0.4 is 10.1 Å². The van der Waals surface area contributed by atoms with Gasteiger partial charge in [-0.15, -0.1) is 0 Å². The summed E-state index contributed by atoms with van der Waals surface area (Å²) in [7, 11) is 1.70. The molecule has 0 bridgehead atoms. The Morgan fingerprint density at radius 1 is 1.38 bits per heavy atom. The summed E-state index contributed by atoms with van der Waals surface area (Å²) in [6.45, 7) is 4.44. The molecule has 0 radical (unpaired) electrons. The Bertz CT molecular complexity index is 768. The van der Waals surface area contributed by atoms with Crippen molar-refractivity contribution in [2.75, 3.05) is 6.61 Å². The van der Waals surface area contributed by atoms with Crippen molar-refractivity contribution in [3.05, 3.63) is 59.2 Å². The molecular weight excluding hydrogens is 333 g/mol. The molecule has 0 saturated carbocycles. The molecule has 26 heavy (non-hydrogen) atoms. The van der Waals surface area contributed by atoms with E-state index in [0.717, 1.165) is 25.0 Å². The molecule has 1 aromatic heterocycles. The van der Waals surface area contributed by atoms with Crippen LogP contribution in [0.2, 0.25) is 0 Å². The Kier molecular flexibility index (Phi) is 7.38. The molecule has 1 heterocycles. The van der Waals surface area contributed by atoms with E-state index in [4.69, 9.17) is 4.74 Å². The number of unbranched alkanes of at least 4 members (excludes halogenated alkanes) is 1. The van der Waals surface area contributed by atoms with Crippen LogP contribution in [0, 0.1) is 12.7 Å². The van der Waals surface area contributed by atoms with Gasteiger partial charge in [0.15, 0.2) is 11.6 Å². The number of nitrogens with one attached hydrogen (secondary N) is 1. The average Bonchev–Trinajstić information content (AvgIpc) is 2.96. The van der Waals surface area contributed by atoms with E-state index >= 15 is 0 Å². The van der Waals surface area contributed by atoms with Crippen LogP contribution in [0.3, 0.4) is 0 Å². The highest BCUT2D eigenvalue weighted by Crippen LogP contribution is 2.21. The van der Waals surface area contributed by atoms with Crippen LogP contribution >= 0.6 is 0 Å². The Morgan fingerprint density at radius 3 is 2.88 bits per heavy atom. The second kappa shape index (κ2) is 9.75. The summed E-state index contributed by atoms with van der Waals surface area (Å²) in [5.74, 6) is -0.507. The summed E-state index contributed by atoms with van der Waals surface area (Å²) >= 11 is 0. The summed E-state index contributed by atoms with van der Waals surface area (Å²) in [5, 5.41) is 6.86. The van der Waals surface area contributed by atoms with Crippen LogP contribution in [-0.4, -0.2) is 22.3 Å². The third kappa shape index (κ3) is 5.44. The number of aryl methyl sites for hydroxylation is 2. The van der Waals surface area contributed by atoms with E-state index in [1.165, 1.54) is 4.68 Å². The number of rotatable bonds is 9. The van der Waals surface area contributed by atoms with Gasteiger partial charge in [-0.1, -0.05) is 31.2 Å². The number of hydrogen-bond acceptors (Lipinski definition) is 3. The molecular formula is C20H26FN3O2. The molecule has 0 aliphatic carbocycles. The normalized spacial score (nSPS) is 11.1. The van der Waals surface area contributed by atoms with E-state index < -0.39 is 5.82 Å². The number of ether oxygens (including phenoxy) is 1. The third-order valence-electron chi connectivity index (χ3n) is 3.89. The fourth-order valence-electron chi connectivity index (χ4n) is 2.56. The van der Waals surface area contributed by atoms with Crippen molar-refractivity contribution in [1.29, 1.82) is 0 Å². The van der Waals surface area contributed by atoms with Crippen molar-refractivity contribution >= 4 is 5.91 Å². The lowest BCUT2D eigenvalue weighted by Gasteiger charge is -2.11. The zero-order valence-corrected chi connectivity index (χ0v) is 15.6. The molecule has 140 valence electrons. The van der Waals surface area contributed by atoms with Crippen LogP contribution in [0.4, 0.5) is 4.39 Å². The van der Waals surface area contributed by atoms with Crippen molar-refractivity contribution in [2.45, 2.75) is 39.7 Å². The lowest BCUT2D eigenvalue weighted by atomic mass is 10.2. The highest BCUT2D eigenvalue weighted by atomic mass is 19.1. The maximum Gasteiger partial charge on any atom is 0.269 e. The van der Waals surface area contributed by atoms with Gasteiger partial charge in [-0.3, -0.25) is 9.48 Å². The van der Waals surface area contributed by atoms with E-state index in [0.29, 0.717) is 17.9 Å². The Hall–Kier alpha value is -2.63. The SMILES string of the molecule is CCC=CCCCOc1cccc(CNC(=O)c2cc(C)nn2C)c1F. The van der Waals surface area contributed by atoms with E-state index in [2.05, 4.69) is 29.5 Å². The molecule has 0 atom stereocenters. The minimum atomic E-state index is -0.432. The minimum Gasteiger partial charge on any atom is -0.490 e. The first-order valence-corrected chi connectivity index (χ1v) is 8.87. The molecule has 5 nitrogen and oxygen atoms in total. The molecule has 2 rings (SSSR count). The van der Waals surface area contributed by atoms with Crippen LogP contribution in [0.1, 0.15) is 47.9 Å². The van der Waals surface area contributed by atoms with Gasteiger partial charge in [0.1, 0.15) is 5.69 Å². The highest BCUT2D eigenvalue weighted by molar-refractivity contribution is 5.92. The highest BCUT2D eigenvalue weighted by Gasteiger charge is 2.14.